The average Bonchev–Trinajstić information content (AvgIpc) is 2.44. The molecule has 1 unspecified atom stereocenters. The molecule has 0 bridgehead atoms. The van der Waals surface area contributed by atoms with Crippen LogP contribution < -0.4 is 11.9 Å². The predicted octanol–water partition coefficient (Wildman–Crippen LogP) is 4.75. The first-order valence-corrected chi connectivity index (χ1v) is 7.45. The van der Waals surface area contributed by atoms with Crippen LogP contribution in [0.15, 0.2) is 42.6 Å². The fourth-order valence-corrected chi connectivity index (χ4v) is 2.74. The molecule has 1 aromatic carbocycles. The Labute approximate surface area is 136 Å². The Kier molecular flexibility index (Phi) is 6.62. The highest BCUT2D eigenvalue weighted by Crippen LogP contribution is 2.29. The Morgan fingerprint density at radius 1 is 1.14 bits per heavy atom. The summed E-state index contributed by atoms with van der Waals surface area (Å²) < 4.78 is 0. The first-order chi connectivity index (χ1) is 9.55. The van der Waals surface area contributed by atoms with Gasteiger partial charge in [0.15, 0.2) is 0 Å². The SMILES string of the molecule is CCCC(N)(Cc1ccc(Cl)c(Cl)c1)c1ccccn1.N. The van der Waals surface area contributed by atoms with Gasteiger partial charge in [0.1, 0.15) is 0 Å². The fourth-order valence-electron chi connectivity index (χ4n) is 2.42. The molecule has 0 spiro atoms. The summed E-state index contributed by atoms with van der Waals surface area (Å²) in [6.45, 7) is 2.12. The van der Waals surface area contributed by atoms with E-state index in [9.17, 15) is 0 Å². The second-order valence-electron chi connectivity index (χ2n) is 5.05. The van der Waals surface area contributed by atoms with E-state index < -0.39 is 5.54 Å². The maximum absolute atomic E-state index is 6.61. The minimum Gasteiger partial charge on any atom is -0.344 e. The molecule has 0 radical (unpaired) electrons. The second-order valence-corrected chi connectivity index (χ2v) is 5.86. The van der Waals surface area contributed by atoms with Crippen LogP contribution in [0.3, 0.4) is 0 Å². The highest BCUT2D eigenvalue weighted by Gasteiger charge is 2.28. The van der Waals surface area contributed by atoms with Crippen LogP contribution in [0.5, 0.6) is 0 Å². The van der Waals surface area contributed by atoms with Gasteiger partial charge in [-0.25, -0.2) is 0 Å². The first-order valence-electron chi connectivity index (χ1n) is 6.69. The van der Waals surface area contributed by atoms with E-state index in [1.54, 1.807) is 6.20 Å². The summed E-state index contributed by atoms with van der Waals surface area (Å²) in [4.78, 5) is 4.42. The molecule has 0 aliphatic carbocycles. The zero-order valence-electron chi connectivity index (χ0n) is 12.2. The Balaban J connectivity index is 0.00000220. The van der Waals surface area contributed by atoms with Gasteiger partial charge in [-0.3, -0.25) is 4.98 Å². The zero-order valence-corrected chi connectivity index (χ0v) is 13.7. The van der Waals surface area contributed by atoms with Crippen molar-refractivity contribution in [3.05, 3.63) is 63.9 Å². The summed E-state index contributed by atoms with van der Waals surface area (Å²) in [5.41, 5.74) is 8.11. The number of nitrogens with zero attached hydrogens (tertiary/aromatic N) is 1. The molecule has 1 atom stereocenters. The van der Waals surface area contributed by atoms with E-state index in [0.717, 1.165) is 24.1 Å². The summed E-state index contributed by atoms with van der Waals surface area (Å²) in [6.07, 6.45) is 4.33. The quantitative estimate of drug-likeness (QED) is 0.833. The summed E-state index contributed by atoms with van der Waals surface area (Å²) in [6, 6.07) is 11.5. The number of nitrogens with two attached hydrogens (primary N) is 1. The standard InChI is InChI=1S/C16H18Cl2N2.H3N/c1-2-8-16(19,15-5-3-4-9-20-15)11-12-6-7-13(17)14(18)10-12;/h3-7,9-10H,2,8,11,19H2,1H3;1H3. The monoisotopic (exact) mass is 325 g/mol. The van der Waals surface area contributed by atoms with Gasteiger partial charge in [-0.05, 0) is 42.7 Å². The zero-order chi connectivity index (χ0) is 14.6. The van der Waals surface area contributed by atoms with Crippen molar-refractivity contribution in [3.63, 3.8) is 0 Å². The lowest BCUT2D eigenvalue weighted by Crippen LogP contribution is -2.39. The van der Waals surface area contributed by atoms with E-state index in [1.807, 2.05) is 36.4 Å². The largest absolute Gasteiger partial charge is 0.344 e. The Hall–Kier alpha value is -1.13. The average molecular weight is 326 g/mol. The highest BCUT2D eigenvalue weighted by molar-refractivity contribution is 6.42. The first kappa shape index (κ1) is 17.9. The van der Waals surface area contributed by atoms with Gasteiger partial charge in [0.2, 0.25) is 0 Å². The number of pyridine rings is 1. The van der Waals surface area contributed by atoms with Gasteiger partial charge in [-0.15, -0.1) is 0 Å². The Bertz CT molecular complexity index is 575. The second kappa shape index (κ2) is 7.76. The third kappa shape index (κ3) is 4.42. The van der Waals surface area contributed by atoms with Gasteiger partial charge in [-0.1, -0.05) is 48.7 Å². The highest BCUT2D eigenvalue weighted by atomic mass is 35.5. The van der Waals surface area contributed by atoms with Crippen molar-refractivity contribution in [2.24, 2.45) is 5.73 Å². The summed E-state index contributed by atoms with van der Waals surface area (Å²) in [5.74, 6) is 0. The summed E-state index contributed by atoms with van der Waals surface area (Å²) in [5, 5.41) is 1.12. The molecule has 3 nitrogen and oxygen atoms in total. The molecule has 1 aromatic heterocycles. The number of benzene rings is 1. The maximum atomic E-state index is 6.61. The molecule has 0 aliphatic rings. The number of hydrogen-bond donors (Lipinski definition) is 2. The smallest absolute Gasteiger partial charge is 0.0624 e. The third-order valence-corrected chi connectivity index (χ3v) is 4.11. The molecule has 21 heavy (non-hydrogen) atoms. The van der Waals surface area contributed by atoms with Crippen LogP contribution in [-0.4, -0.2) is 4.98 Å². The lowest BCUT2D eigenvalue weighted by atomic mass is 9.84. The molecule has 0 saturated carbocycles. The molecule has 0 fully saturated rings. The molecule has 2 rings (SSSR count). The molecule has 5 N–H and O–H groups in total. The molecule has 0 aliphatic heterocycles. The van der Waals surface area contributed by atoms with E-state index in [4.69, 9.17) is 28.9 Å². The Morgan fingerprint density at radius 2 is 1.90 bits per heavy atom. The molecular weight excluding hydrogens is 305 g/mol. The van der Waals surface area contributed by atoms with Crippen LogP contribution in [0.25, 0.3) is 0 Å². The van der Waals surface area contributed by atoms with Crippen molar-refractivity contribution in [3.8, 4) is 0 Å². The molecular formula is C16H21Cl2N3. The Morgan fingerprint density at radius 3 is 2.48 bits per heavy atom. The van der Waals surface area contributed by atoms with Crippen LogP contribution in [0.1, 0.15) is 31.0 Å². The molecule has 0 amide bonds. The van der Waals surface area contributed by atoms with E-state index in [-0.39, 0.29) is 6.15 Å². The molecule has 1 heterocycles. The maximum Gasteiger partial charge on any atom is 0.0624 e. The van der Waals surface area contributed by atoms with Crippen LogP contribution in [-0.2, 0) is 12.0 Å². The summed E-state index contributed by atoms with van der Waals surface area (Å²) in [7, 11) is 0. The van der Waals surface area contributed by atoms with E-state index in [1.165, 1.54) is 0 Å². The van der Waals surface area contributed by atoms with Gasteiger partial charge in [0.05, 0.1) is 21.3 Å². The van der Waals surface area contributed by atoms with Gasteiger partial charge in [-0.2, -0.15) is 0 Å². The van der Waals surface area contributed by atoms with Crippen LogP contribution >= 0.6 is 23.2 Å². The topological polar surface area (TPSA) is 73.9 Å². The lowest BCUT2D eigenvalue weighted by Gasteiger charge is -2.29. The van der Waals surface area contributed by atoms with Crippen molar-refractivity contribution in [2.45, 2.75) is 31.7 Å². The van der Waals surface area contributed by atoms with Crippen molar-refractivity contribution < 1.29 is 0 Å². The van der Waals surface area contributed by atoms with E-state index in [0.29, 0.717) is 16.5 Å². The predicted molar refractivity (Wildman–Crippen MR) is 90.2 cm³/mol. The minimum atomic E-state index is -0.479. The lowest BCUT2D eigenvalue weighted by molar-refractivity contribution is 0.389. The van der Waals surface area contributed by atoms with Gasteiger partial charge in [0, 0.05) is 6.20 Å². The van der Waals surface area contributed by atoms with Crippen LogP contribution in [0, 0.1) is 0 Å². The van der Waals surface area contributed by atoms with Crippen molar-refractivity contribution in [1.29, 1.82) is 0 Å². The molecule has 2 aromatic rings. The van der Waals surface area contributed by atoms with Crippen molar-refractivity contribution >= 4 is 23.2 Å². The minimum absolute atomic E-state index is 0. The molecule has 0 saturated heterocycles. The number of halogens is 2. The number of aromatic nitrogens is 1. The fraction of sp³-hybridized carbons (Fsp3) is 0.312. The van der Waals surface area contributed by atoms with Gasteiger partial charge >= 0.3 is 0 Å². The van der Waals surface area contributed by atoms with E-state index in [2.05, 4.69) is 11.9 Å². The number of hydrogen-bond acceptors (Lipinski definition) is 3. The summed E-state index contributed by atoms with van der Waals surface area (Å²) >= 11 is 12.0. The van der Waals surface area contributed by atoms with Gasteiger partial charge < -0.3 is 11.9 Å². The van der Waals surface area contributed by atoms with Crippen molar-refractivity contribution in [1.82, 2.24) is 11.1 Å². The third-order valence-electron chi connectivity index (χ3n) is 3.37. The van der Waals surface area contributed by atoms with Crippen LogP contribution in [0.2, 0.25) is 10.0 Å². The van der Waals surface area contributed by atoms with E-state index >= 15 is 0 Å². The number of rotatable bonds is 5. The molecule has 5 heteroatoms. The van der Waals surface area contributed by atoms with Crippen LogP contribution in [0.4, 0.5) is 0 Å². The van der Waals surface area contributed by atoms with Crippen molar-refractivity contribution in [2.75, 3.05) is 0 Å². The van der Waals surface area contributed by atoms with Gasteiger partial charge in [0.25, 0.3) is 0 Å². The molecule has 114 valence electrons. The normalized spacial score (nSPS) is 13.3.